The van der Waals surface area contributed by atoms with E-state index in [1.165, 1.54) is 71.9 Å². The molecule has 12 heteroatoms. The Kier molecular flexibility index (Phi) is 9.25. The molecule has 1 amide bonds. The van der Waals surface area contributed by atoms with Crippen LogP contribution in [0.25, 0.3) is 0 Å². The van der Waals surface area contributed by atoms with Gasteiger partial charge in [-0.1, -0.05) is 6.07 Å². The Balaban J connectivity index is 2.10. The van der Waals surface area contributed by atoms with Gasteiger partial charge < -0.3 is 29.0 Å². The monoisotopic (exact) mass is 558 g/mol. The number of ether oxygens (including phenoxy) is 5. The van der Waals surface area contributed by atoms with Crippen molar-refractivity contribution in [3.8, 4) is 23.0 Å². The van der Waals surface area contributed by atoms with E-state index in [0.717, 1.165) is 4.31 Å². The van der Waals surface area contributed by atoms with E-state index in [9.17, 15) is 18.0 Å². The minimum Gasteiger partial charge on any atom is -0.497 e. The lowest BCUT2D eigenvalue weighted by atomic mass is 10.1. The van der Waals surface area contributed by atoms with Crippen molar-refractivity contribution in [3.63, 3.8) is 0 Å². The van der Waals surface area contributed by atoms with E-state index < -0.39 is 28.4 Å². The molecule has 1 N–H and O–H groups in total. The van der Waals surface area contributed by atoms with Gasteiger partial charge in [-0.2, -0.15) is 0 Å². The third-order valence-electron chi connectivity index (χ3n) is 5.82. The molecule has 0 saturated heterocycles. The Morgan fingerprint density at radius 2 is 1.46 bits per heavy atom. The summed E-state index contributed by atoms with van der Waals surface area (Å²) in [4.78, 5) is 25.1. The first-order chi connectivity index (χ1) is 18.6. The number of esters is 1. The van der Waals surface area contributed by atoms with Gasteiger partial charge in [0.05, 0.1) is 51.7 Å². The predicted molar refractivity (Wildman–Crippen MR) is 145 cm³/mol. The quantitative estimate of drug-likeness (QED) is 0.351. The number of nitrogens with one attached hydrogen (secondary N) is 1. The van der Waals surface area contributed by atoms with Crippen molar-refractivity contribution in [1.29, 1.82) is 0 Å². The zero-order chi connectivity index (χ0) is 28.7. The number of aryl methyl sites for hydroxylation is 1. The van der Waals surface area contributed by atoms with Crippen LogP contribution < -0.4 is 28.6 Å². The lowest BCUT2D eigenvalue weighted by molar-refractivity contribution is -0.114. The van der Waals surface area contributed by atoms with Gasteiger partial charge in [-0.3, -0.25) is 9.10 Å². The molecule has 0 atom stereocenters. The first-order valence-electron chi connectivity index (χ1n) is 11.5. The summed E-state index contributed by atoms with van der Waals surface area (Å²) in [5, 5.41) is 2.69. The fraction of sp³-hybridized carbons (Fsp3) is 0.259. The lowest BCUT2D eigenvalue weighted by Crippen LogP contribution is -2.38. The van der Waals surface area contributed by atoms with Crippen molar-refractivity contribution in [2.45, 2.75) is 11.8 Å². The first kappa shape index (κ1) is 29.1. The van der Waals surface area contributed by atoms with E-state index >= 15 is 0 Å². The maximum atomic E-state index is 14.0. The van der Waals surface area contributed by atoms with Crippen LogP contribution in [0.15, 0.2) is 59.5 Å². The Labute approximate surface area is 227 Å². The predicted octanol–water partition coefficient (Wildman–Crippen LogP) is 3.65. The molecule has 0 aliphatic heterocycles. The van der Waals surface area contributed by atoms with Crippen molar-refractivity contribution < 1.29 is 41.7 Å². The van der Waals surface area contributed by atoms with Crippen LogP contribution in [0.1, 0.15) is 15.9 Å². The summed E-state index contributed by atoms with van der Waals surface area (Å²) in [6.45, 7) is 1.10. The van der Waals surface area contributed by atoms with Gasteiger partial charge in [0.25, 0.3) is 10.0 Å². The molecule has 0 radical (unpaired) electrons. The molecule has 3 aromatic carbocycles. The molecule has 39 heavy (non-hydrogen) atoms. The van der Waals surface area contributed by atoms with Crippen molar-refractivity contribution in [2.75, 3.05) is 51.7 Å². The highest BCUT2D eigenvalue weighted by atomic mass is 32.2. The topological polar surface area (TPSA) is 130 Å². The third-order valence-corrected chi connectivity index (χ3v) is 7.57. The van der Waals surface area contributed by atoms with Gasteiger partial charge in [-0.25, -0.2) is 13.2 Å². The molecular weight excluding hydrogens is 528 g/mol. The fourth-order valence-corrected chi connectivity index (χ4v) is 5.16. The number of amides is 1. The molecule has 0 fully saturated rings. The molecule has 3 aromatic rings. The summed E-state index contributed by atoms with van der Waals surface area (Å²) in [7, 11) is 2.52. The third kappa shape index (κ3) is 6.34. The summed E-state index contributed by atoms with van der Waals surface area (Å²) >= 11 is 0. The summed E-state index contributed by atoms with van der Waals surface area (Å²) in [6.07, 6.45) is 0. The molecule has 0 aliphatic carbocycles. The van der Waals surface area contributed by atoms with Crippen LogP contribution in [0.4, 0.5) is 11.4 Å². The van der Waals surface area contributed by atoms with Crippen LogP contribution in [0.3, 0.4) is 0 Å². The lowest BCUT2D eigenvalue weighted by Gasteiger charge is -2.26. The number of methoxy groups -OCH3 is 5. The normalized spacial score (nSPS) is 10.8. The van der Waals surface area contributed by atoms with E-state index in [4.69, 9.17) is 23.7 Å². The minimum atomic E-state index is -4.37. The van der Waals surface area contributed by atoms with Crippen molar-refractivity contribution in [3.05, 3.63) is 65.7 Å². The summed E-state index contributed by atoms with van der Waals surface area (Å²) in [5.41, 5.74) is 1.28. The standard InChI is InChI=1S/C27H30N2O9S/c1-17-7-8-18(27(31)38-6)13-21(17)28-26(30)16-29(22-14-19(34-2)9-11-23(22)35-3)39(32,33)20-10-12-24(36-4)25(15-20)37-5/h7-15H,16H2,1-6H3,(H,28,30). The zero-order valence-corrected chi connectivity index (χ0v) is 23.2. The van der Waals surface area contributed by atoms with Crippen molar-refractivity contribution >= 4 is 33.3 Å². The fourth-order valence-electron chi connectivity index (χ4n) is 3.72. The van der Waals surface area contributed by atoms with Gasteiger partial charge in [0.1, 0.15) is 18.0 Å². The Bertz CT molecular complexity index is 1470. The Morgan fingerprint density at radius 1 is 0.795 bits per heavy atom. The summed E-state index contributed by atoms with van der Waals surface area (Å²) in [6, 6.07) is 13.4. The number of benzene rings is 3. The Hall–Kier alpha value is -4.45. The number of anilines is 2. The van der Waals surface area contributed by atoms with E-state index in [-0.39, 0.29) is 27.6 Å². The Morgan fingerprint density at radius 3 is 2.08 bits per heavy atom. The van der Waals surface area contributed by atoms with E-state index in [1.54, 1.807) is 25.1 Å². The van der Waals surface area contributed by atoms with Crippen molar-refractivity contribution in [1.82, 2.24) is 0 Å². The van der Waals surface area contributed by atoms with Gasteiger partial charge in [0.15, 0.2) is 11.5 Å². The number of carbonyl (C=O) groups excluding carboxylic acids is 2. The number of hydrogen-bond donors (Lipinski definition) is 1. The van der Waals surface area contributed by atoms with Gasteiger partial charge >= 0.3 is 5.97 Å². The number of carbonyl (C=O) groups is 2. The SMILES string of the molecule is COC(=O)c1ccc(C)c(NC(=O)CN(c2cc(OC)ccc2OC)S(=O)(=O)c2ccc(OC)c(OC)c2)c1. The number of rotatable bonds is 11. The molecule has 0 bridgehead atoms. The second-order valence-corrected chi connectivity index (χ2v) is 10.00. The largest absolute Gasteiger partial charge is 0.497 e. The second-order valence-electron chi connectivity index (χ2n) is 8.14. The van der Waals surface area contributed by atoms with Gasteiger partial charge in [-0.15, -0.1) is 0 Å². The van der Waals surface area contributed by atoms with E-state index in [0.29, 0.717) is 22.7 Å². The molecule has 0 aromatic heterocycles. The average Bonchev–Trinajstić information content (AvgIpc) is 2.95. The number of sulfonamides is 1. The van der Waals surface area contributed by atoms with Crippen LogP contribution >= 0.6 is 0 Å². The van der Waals surface area contributed by atoms with Crippen LogP contribution in [0.5, 0.6) is 23.0 Å². The zero-order valence-electron chi connectivity index (χ0n) is 22.4. The van der Waals surface area contributed by atoms with E-state index in [1.807, 2.05) is 0 Å². The molecular formula is C27H30N2O9S. The van der Waals surface area contributed by atoms with Crippen LogP contribution in [-0.2, 0) is 19.6 Å². The molecule has 0 spiro atoms. The minimum absolute atomic E-state index is 0.0711. The molecule has 0 heterocycles. The maximum absolute atomic E-state index is 14.0. The van der Waals surface area contributed by atoms with Gasteiger partial charge in [-0.05, 0) is 48.9 Å². The average molecular weight is 559 g/mol. The maximum Gasteiger partial charge on any atom is 0.337 e. The van der Waals surface area contributed by atoms with E-state index in [2.05, 4.69) is 5.32 Å². The molecule has 208 valence electrons. The highest BCUT2D eigenvalue weighted by Gasteiger charge is 2.31. The number of nitrogens with zero attached hydrogens (tertiary/aromatic N) is 1. The smallest absolute Gasteiger partial charge is 0.337 e. The van der Waals surface area contributed by atoms with Crippen molar-refractivity contribution in [2.24, 2.45) is 0 Å². The molecule has 0 aliphatic rings. The second kappa shape index (κ2) is 12.4. The number of hydrogen-bond acceptors (Lipinski definition) is 9. The van der Waals surface area contributed by atoms with Crippen LogP contribution in [-0.4, -0.2) is 62.4 Å². The highest BCUT2D eigenvalue weighted by molar-refractivity contribution is 7.92. The highest BCUT2D eigenvalue weighted by Crippen LogP contribution is 2.37. The first-order valence-corrected chi connectivity index (χ1v) is 13.0. The van der Waals surface area contributed by atoms with Gasteiger partial charge in [0.2, 0.25) is 5.91 Å². The van der Waals surface area contributed by atoms with Crippen LogP contribution in [0.2, 0.25) is 0 Å². The molecule has 11 nitrogen and oxygen atoms in total. The van der Waals surface area contributed by atoms with Gasteiger partial charge in [0, 0.05) is 17.8 Å². The summed E-state index contributed by atoms with van der Waals surface area (Å²) < 4.78 is 54.9. The molecule has 3 rings (SSSR count). The molecule has 0 unspecified atom stereocenters. The van der Waals surface area contributed by atoms with Crippen LogP contribution in [0, 0.1) is 6.92 Å². The molecule has 0 saturated carbocycles. The summed E-state index contributed by atoms with van der Waals surface area (Å²) in [5.74, 6) is -0.188.